The van der Waals surface area contributed by atoms with Gasteiger partial charge in [-0.1, -0.05) is 52.0 Å². The number of likely N-dealkylation sites (tertiary alicyclic amines) is 1. The highest BCUT2D eigenvalue weighted by atomic mass is 19.4. The van der Waals surface area contributed by atoms with E-state index in [4.69, 9.17) is 5.73 Å². The molecule has 2 aliphatic rings. The summed E-state index contributed by atoms with van der Waals surface area (Å²) in [6, 6.07) is 3.19. The van der Waals surface area contributed by atoms with Gasteiger partial charge in [0.2, 0.25) is 17.7 Å². The van der Waals surface area contributed by atoms with Crippen LogP contribution in [0.1, 0.15) is 34.6 Å². The van der Waals surface area contributed by atoms with Gasteiger partial charge in [0.05, 0.1) is 12.1 Å². The molecule has 1 saturated heterocycles. The number of para-hydroxylation sites is 1. The Labute approximate surface area is 222 Å². The Bertz CT molecular complexity index is 1320. The Balaban J connectivity index is 1.58. The maximum absolute atomic E-state index is 13.6. The molecule has 2 fully saturated rings. The Hall–Kier alpha value is -3.71. The SMILES string of the molecule is CC(C)(C)[C@H](NC(=O)C(F)(F)F)C(=O)N1C[C@H]2[C@@H]([C@H]1C(=O)N[C@@H](Cn1nnc3ccccc31)C(N)=O)C2(C)C. The van der Waals surface area contributed by atoms with E-state index < -0.39 is 53.3 Å². The minimum Gasteiger partial charge on any atom is -0.368 e. The number of aromatic nitrogens is 3. The molecule has 0 radical (unpaired) electrons. The first kappa shape index (κ1) is 28.3. The first-order valence-electron chi connectivity index (χ1n) is 12.5. The molecule has 1 aromatic carbocycles. The average Bonchev–Trinajstić information content (AvgIpc) is 3.18. The summed E-state index contributed by atoms with van der Waals surface area (Å²) in [5.41, 5.74) is 5.38. The molecular formula is C25H32F3N7O4. The van der Waals surface area contributed by atoms with Gasteiger partial charge in [0.25, 0.3) is 0 Å². The van der Waals surface area contributed by atoms with Crippen molar-refractivity contribution in [2.24, 2.45) is 28.4 Å². The van der Waals surface area contributed by atoms with E-state index in [1.165, 1.54) is 30.4 Å². The molecule has 1 aliphatic carbocycles. The fourth-order valence-electron chi connectivity index (χ4n) is 5.53. The number of hydrogen-bond donors (Lipinski definition) is 3. The maximum atomic E-state index is 13.6. The number of nitrogens with two attached hydrogens (primary N) is 1. The Morgan fingerprint density at radius 2 is 1.77 bits per heavy atom. The molecule has 1 aromatic heterocycles. The molecule has 1 saturated carbocycles. The zero-order valence-electron chi connectivity index (χ0n) is 22.2. The highest BCUT2D eigenvalue weighted by molar-refractivity contribution is 5.96. The third-order valence-corrected chi connectivity index (χ3v) is 7.84. The summed E-state index contributed by atoms with van der Waals surface area (Å²) in [6.07, 6.45) is -5.18. The number of benzene rings is 1. The van der Waals surface area contributed by atoms with Gasteiger partial charge in [0.1, 0.15) is 23.6 Å². The topological polar surface area (TPSA) is 152 Å². The Morgan fingerprint density at radius 3 is 2.36 bits per heavy atom. The number of hydrogen-bond acceptors (Lipinski definition) is 6. The second-order valence-electron chi connectivity index (χ2n) is 11.9. The third kappa shape index (κ3) is 5.28. The van der Waals surface area contributed by atoms with Crippen LogP contribution >= 0.6 is 0 Å². The summed E-state index contributed by atoms with van der Waals surface area (Å²) in [6.45, 7) is 8.44. The molecular weight excluding hydrogens is 519 g/mol. The summed E-state index contributed by atoms with van der Waals surface area (Å²) in [4.78, 5) is 52.5. The fourth-order valence-corrected chi connectivity index (χ4v) is 5.53. The van der Waals surface area contributed by atoms with Crippen molar-refractivity contribution >= 4 is 34.7 Å². The van der Waals surface area contributed by atoms with Crippen molar-refractivity contribution in [2.45, 2.75) is 65.5 Å². The number of alkyl halides is 3. The van der Waals surface area contributed by atoms with Gasteiger partial charge in [-0.2, -0.15) is 13.2 Å². The molecule has 14 heteroatoms. The van der Waals surface area contributed by atoms with Gasteiger partial charge in [-0.25, -0.2) is 4.68 Å². The number of amides is 4. The predicted molar refractivity (Wildman–Crippen MR) is 132 cm³/mol. The molecule has 11 nitrogen and oxygen atoms in total. The van der Waals surface area contributed by atoms with E-state index in [-0.39, 0.29) is 30.3 Å². The van der Waals surface area contributed by atoms with Crippen molar-refractivity contribution < 1.29 is 32.3 Å². The summed E-state index contributed by atoms with van der Waals surface area (Å²) in [5, 5.41) is 12.5. The van der Waals surface area contributed by atoms with Crippen LogP contribution in [0.25, 0.3) is 11.0 Å². The van der Waals surface area contributed by atoms with Crippen LogP contribution in [-0.2, 0) is 25.7 Å². The number of fused-ring (bicyclic) bond motifs is 2. The van der Waals surface area contributed by atoms with Gasteiger partial charge in [0.15, 0.2) is 0 Å². The molecule has 2 heterocycles. The van der Waals surface area contributed by atoms with Crippen molar-refractivity contribution in [1.82, 2.24) is 30.5 Å². The monoisotopic (exact) mass is 551 g/mol. The molecule has 212 valence electrons. The molecule has 5 atom stereocenters. The summed E-state index contributed by atoms with van der Waals surface area (Å²) < 4.78 is 40.5. The van der Waals surface area contributed by atoms with Crippen LogP contribution in [0.15, 0.2) is 24.3 Å². The quantitative estimate of drug-likeness (QED) is 0.467. The van der Waals surface area contributed by atoms with Crippen LogP contribution in [-0.4, -0.2) is 74.4 Å². The van der Waals surface area contributed by atoms with Gasteiger partial charge >= 0.3 is 12.1 Å². The molecule has 4 rings (SSSR count). The van der Waals surface area contributed by atoms with Crippen LogP contribution < -0.4 is 16.4 Å². The average molecular weight is 552 g/mol. The Morgan fingerprint density at radius 1 is 1.13 bits per heavy atom. The third-order valence-electron chi connectivity index (χ3n) is 7.84. The number of halogens is 3. The number of primary amides is 1. The van der Waals surface area contributed by atoms with Crippen LogP contribution in [0.2, 0.25) is 0 Å². The molecule has 0 bridgehead atoms. The molecule has 0 unspecified atom stereocenters. The van der Waals surface area contributed by atoms with E-state index >= 15 is 0 Å². The van der Waals surface area contributed by atoms with E-state index in [1.807, 2.05) is 19.2 Å². The number of rotatable bonds is 7. The standard InChI is InChI=1S/C25H32F3N7O4/c1-23(2,3)18(31-22(39)25(26,27)28)21(38)34-10-12-16(24(12,4)5)17(34)20(37)30-14(19(29)36)11-35-15-9-7-6-8-13(15)32-33-35/h6-9,12,14,16-18H,10-11H2,1-5H3,(H2,29,36)(H,30,37)(H,31,39)/t12-,14-,16-,17-,18+/m0/s1. The maximum Gasteiger partial charge on any atom is 0.471 e. The largest absolute Gasteiger partial charge is 0.471 e. The predicted octanol–water partition coefficient (Wildman–Crippen LogP) is 0.978. The zero-order valence-corrected chi connectivity index (χ0v) is 22.2. The highest BCUT2D eigenvalue weighted by Gasteiger charge is 2.70. The second-order valence-corrected chi connectivity index (χ2v) is 11.9. The number of piperidine rings is 1. The smallest absolute Gasteiger partial charge is 0.368 e. The van der Waals surface area contributed by atoms with Gasteiger partial charge in [-0.05, 0) is 34.8 Å². The highest BCUT2D eigenvalue weighted by Crippen LogP contribution is 2.65. The molecule has 0 spiro atoms. The summed E-state index contributed by atoms with van der Waals surface area (Å²) in [7, 11) is 0. The first-order valence-corrected chi connectivity index (χ1v) is 12.5. The fraction of sp³-hybridized carbons (Fsp3) is 0.600. The van der Waals surface area contributed by atoms with Crippen molar-refractivity contribution in [1.29, 1.82) is 0 Å². The van der Waals surface area contributed by atoms with Crippen molar-refractivity contribution in [2.75, 3.05) is 6.54 Å². The number of carbonyl (C=O) groups is 4. The van der Waals surface area contributed by atoms with Gasteiger partial charge in [-0.15, -0.1) is 5.10 Å². The molecule has 4 amide bonds. The van der Waals surface area contributed by atoms with Gasteiger partial charge < -0.3 is 21.3 Å². The normalized spacial score (nSPS) is 23.6. The van der Waals surface area contributed by atoms with Crippen LogP contribution in [0, 0.1) is 22.7 Å². The van der Waals surface area contributed by atoms with Crippen LogP contribution in [0.4, 0.5) is 13.2 Å². The van der Waals surface area contributed by atoms with Crippen molar-refractivity contribution in [3.8, 4) is 0 Å². The summed E-state index contributed by atoms with van der Waals surface area (Å²) >= 11 is 0. The lowest BCUT2D eigenvalue weighted by atomic mass is 9.85. The number of nitrogens with zero attached hydrogens (tertiary/aromatic N) is 4. The lowest BCUT2D eigenvalue weighted by Gasteiger charge is -2.38. The van der Waals surface area contributed by atoms with Gasteiger partial charge in [0, 0.05) is 6.54 Å². The van der Waals surface area contributed by atoms with Gasteiger partial charge in [-0.3, -0.25) is 19.2 Å². The van der Waals surface area contributed by atoms with Crippen molar-refractivity contribution in [3.05, 3.63) is 24.3 Å². The molecule has 4 N–H and O–H groups in total. The van der Waals surface area contributed by atoms with E-state index in [2.05, 4.69) is 15.6 Å². The number of nitrogens with one attached hydrogen (secondary N) is 2. The van der Waals surface area contributed by atoms with Crippen molar-refractivity contribution in [3.63, 3.8) is 0 Å². The van der Waals surface area contributed by atoms with Crippen LogP contribution in [0.5, 0.6) is 0 Å². The van der Waals surface area contributed by atoms with E-state index in [9.17, 15) is 32.3 Å². The second kappa shape index (κ2) is 9.49. The van der Waals surface area contributed by atoms with E-state index in [0.29, 0.717) is 11.0 Å². The molecule has 2 aromatic rings. The van der Waals surface area contributed by atoms with E-state index in [1.54, 1.807) is 24.3 Å². The minimum absolute atomic E-state index is 0.0811. The lowest BCUT2D eigenvalue weighted by molar-refractivity contribution is -0.176. The summed E-state index contributed by atoms with van der Waals surface area (Å²) in [5.74, 6) is -4.92. The number of carbonyl (C=O) groups excluding carboxylic acids is 4. The Kier molecular flexibility index (Phi) is 6.88. The minimum atomic E-state index is -5.18. The van der Waals surface area contributed by atoms with E-state index in [0.717, 1.165) is 0 Å². The molecule has 39 heavy (non-hydrogen) atoms. The lowest BCUT2D eigenvalue weighted by Crippen LogP contribution is -2.61. The molecule has 1 aliphatic heterocycles. The van der Waals surface area contributed by atoms with Crippen LogP contribution in [0.3, 0.4) is 0 Å². The zero-order chi connectivity index (χ0) is 29.1. The first-order chi connectivity index (χ1) is 17.9.